The van der Waals surface area contributed by atoms with Crippen molar-refractivity contribution in [1.29, 1.82) is 0 Å². The third-order valence-electron chi connectivity index (χ3n) is 3.51. The third-order valence-corrected chi connectivity index (χ3v) is 3.51. The number of nitrogens with two attached hydrogens (primary N) is 1. The minimum Gasteiger partial charge on any atom is -0.398 e. The largest absolute Gasteiger partial charge is 0.398 e. The lowest BCUT2D eigenvalue weighted by atomic mass is 10.0. The van der Waals surface area contributed by atoms with E-state index in [-0.39, 0.29) is 0 Å². The molecule has 2 aromatic carbocycles. The fourth-order valence-electron chi connectivity index (χ4n) is 2.16. The van der Waals surface area contributed by atoms with Crippen molar-refractivity contribution < 1.29 is 0 Å². The molecule has 0 fully saturated rings. The van der Waals surface area contributed by atoms with Gasteiger partial charge in [-0.3, -0.25) is 0 Å². The Morgan fingerprint density at radius 1 is 1.00 bits per heavy atom. The van der Waals surface area contributed by atoms with Gasteiger partial charge in [-0.2, -0.15) is 0 Å². The van der Waals surface area contributed by atoms with Gasteiger partial charge in [0.1, 0.15) is 0 Å². The van der Waals surface area contributed by atoms with Gasteiger partial charge in [-0.25, -0.2) is 0 Å². The van der Waals surface area contributed by atoms with Crippen molar-refractivity contribution in [3.8, 4) is 0 Å². The highest BCUT2D eigenvalue weighted by molar-refractivity contribution is 5.83. The molecule has 0 aromatic heterocycles. The fourth-order valence-corrected chi connectivity index (χ4v) is 2.16. The molecule has 0 heterocycles. The molecule has 2 aromatic rings. The van der Waals surface area contributed by atoms with Crippen molar-refractivity contribution in [2.75, 3.05) is 5.73 Å². The first-order valence-corrected chi connectivity index (χ1v) is 7.04. The number of allylic oxidation sites excluding steroid dienone is 5. The molecule has 0 saturated carbocycles. The van der Waals surface area contributed by atoms with Gasteiger partial charge in [0, 0.05) is 11.3 Å². The maximum absolute atomic E-state index is 6.02. The highest BCUT2D eigenvalue weighted by Crippen LogP contribution is 2.23. The standard InChI is InChI=1S/C20H21N/c1-4-17(19-7-5-6-8-20(19)21)14-11-16(3)18-12-9-15(2)10-13-18/h4-14H,1,21H2,2-3H3/b16-11+,17-14+. The number of hydrogen-bond donors (Lipinski definition) is 1. The summed E-state index contributed by atoms with van der Waals surface area (Å²) in [5.74, 6) is 0. The zero-order valence-electron chi connectivity index (χ0n) is 12.6. The Kier molecular flexibility index (Phi) is 4.78. The molecule has 106 valence electrons. The molecule has 0 atom stereocenters. The maximum Gasteiger partial charge on any atom is 0.0393 e. The summed E-state index contributed by atoms with van der Waals surface area (Å²) >= 11 is 0. The van der Waals surface area contributed by atoms with E-state index in [1.165, 1.54) is 16.7 Å². The Morgan fingerprint density at radius 3 is 2.29 bits per heavy atom. The van der Waals surface area contributed by atoms with E-state index in [0.717, 1.165) is 16.8 Å². The lowest BCUT2D eigenvalue weighted by molar-refractivity contribution is 1.44. The summed E-state index contributed by atoms with van der Waals surface area (Å²) in [6, 6.07) is 16.4. The molecule has 0 radical (unpaired) electrons. The highest BCUT2D eigenvalue weighted by atomic mass is 14.6. The van der Waals surface area contributed by atoms with Crippen LogP contribution >= 0.6 is 0 Å². The Hall–Kier alpha value is -2.54. The smallest absolute Gasteiger partial charge is 0.0393 e. The number of nitrogen functional groups attached to an aromatic ring is 1. The number of aryl methyl sites for hydroxylation is 1. The van der Waals surface area contributed by atoms with Crippen molar-refractivity contribution >= 4 is 16.8 Å². The zero-order chi connectivity index (χ0) is 15.2. The summed E-state index contributed by atoms with van der Waals surface area (Å²) in [7, 11) is 0. The Bertz CT molecular complexity index is 688. The molecule has 0 amide bonds. The van der Waals surface area contributed by atoms with E-state index in [4.69, 9.17) is 5.73 Å². The van der Waals surface area contributed by atoms with Gasteiger partial charge < -0.3 is 5.73 Å². The molecule has 1 heteroatoms. The summed E-state index contributed by atoms with van der Waals surface area (Å²) in [6.45, 7) is 8.09. The van der Waals surface area contributed by atoms with Gasteiger partial charge in [0.15, 0.2) is 0 Å². The van der Waals surface area contributed by atoms with Gasteiger partial charge in [0.2, 0.25) is 0 Å². The van der Waals surface area contributed by atoms with Crippen LogP contribution in [-0.4, -0.2) is 0 Å². The number of hydrogen-bond acceptors (Lipinski definition) is 1. The molecule has 0 spiro atoms. The second kappa shape index (κ2) is 6.76. The highest BCUT2D eigenvalue weighted by Gasteiger charge is 2.01. The molecular formula is C20H21N. The summed E-state index contributed by atoms with van der Waals surface area (Å²) in [5.41, 5.74) is 12.5. The van der Waals surface area contributed by atoms with E-state index in [2.05, 4.69) is 56.8 Å². The molecular weight excluding hydrogens is 254 g/mol. The Balaban J connectivity index is 2.32. The average molecular weight is 275 g/mol. The van der Waals surface area contributed by atoms with E-state index in [9.17, 15) is 0 Å². The molecule has 0 aliphatic carbocycles. The molecule has 2 rings (SSSR count). The van der Waals surface area contributed by atoms with Crippen molar-refractivity contribution in [3.05, 3.63) is 90.0 Å². The Morgan fingerprint density at radius 2 is 1.67 bits per heavy atom. The lowest BCUT2D eigenvalue weighted by Crippen LogP contribution is -1.91. The van der Waals surface area contributed by atoms with Gasteiger partial charge in [0.25, 0.3) is 0 Å². The molecule has 21 heavy (non-hydrogen) atoms. The van der Waals surface area contributed by atoms with Crippen LogP contribution in [0, 0.1) is 6.92 Å². The first-order chi connectivity index (χ1) is 10.1. The average Bonchev–Trinajstić information content (AvgIpc) is 2.50. The summed E-state index contributed by atoms with van der Waals surface area (Å²) in [6.07, 6.45) is 6.01. The number of anilines is 1. The normalized spacial score (nSPS) is 12.3. The molecule has 0 aliphatic rings. The molecule has 2 N–H and O–H groups in total. The minimum absolute atomic E-state index is 0.769. The van der Waals surface area contributed by atoms with Gasteiger partial charge >= 0.3 is 0 Å². The van der Waals surface area contributed by atoms with Crippen LogP contribution in [0.3, 0.4) is 0 Å². The van der Waals surface area contributed by atoms with Crippen molar-refractivity contribution in [2.45, 2.75) is 13.8 Å². The predicted molar refractivity (Wildman–Crippen MR) is 93.9 cm³/mol. The van der Waals surface area contributed by atoms with Crippen molar-refractivity contribution in [3.63, 3.8) is 0 Å². The number of benzene rings is 2. The lowest BCUT2D eigenvalue weighted by Gasteiger charge is -2.06. The second-order valence-electron chi connectivity index (χ2n) is 5.13. The zero-order valence-corrected chi connectivity index (χ0v) is 12.6. The van der Waals surface area contributed by atoms with E-state index in [1.807, 2.05) is 30.3 Å². The predicted octanol–water partition coefficient (Wildman–Crippen LogP) is 5.25. The first kappa shape index (κ1) is 14.9. The van der Waals surface area contributed by atoms with Gasteiger partial charge in [0.05, 0.1) is 0 Å². The van der Waals surface area contributed by atoms with Crippen LogP contribution in [0.15, 0.2) is 73.3 Å². The fraction of sp³-hybridized carbons (Fsp3) is 0.100. The SMILES string of the molecule is C=C/C(=C\C=C(/C)c1ccc(C)cc1)c1ccccc1N. The van der Waals surface area contributed by atoms with Crippen molar-refractivity contribution in [1.82, 2.24) is 0 Å². The molecule has 0 bridgehead atoms. The van der Waals surface area contributed by atoms with Crippen LogP contribution in [0.2, 0.25) is 0 Å². The molecule has 0 unspecified atom stereocenters. The first-order valence-electron chi connectivity index (χ1n) is 7.04. The molecule has 1 nitrogen and oxygen atoms in total. The van der Waals surface area contributed by atoms with Gasteiger partial charge in [-0.05, 0) is 36.6 Å². The van der Waals surface area contributed by atoms with Crippen LogP contribution in [-0.2, 0) is 0 Å². The van der Waals surface area contributed by atoms with Crippen LogP contribution in [0.4, 0.5) is 5.69 Å². The molecule has 0 aliphatic heterocycles. The van der Waals surface area contributed by atoms with Crippen LogP contribution in [0.25, 0.3) is 11.1 Å². The van der Waals surface area contributed by atoms with Crippen LogP contribution < -0.4 is 5.73 Å². The summed E-state index contributed by atoms with van der Waals surface area (Å²) in [5, 5.41) is 0. The van der Waals surface area contributed by atoms with Gasteiger partial charge in [-0.1, -0.05) is 72.8 Å². The minimum atomic E-state index is 0.769. The van der Waals surface area contributed by atoms with Crippen molar-refractivity contribution in [2.24, 2.45) is 0 Å². The van der Waals surface area contributed by atoms with Crippen LogP contribution in [0.5, 0.6) is 0 Å². The summed E-state index contributed by atoms with van der Waals surface area (Å²) in [4.78, 5) is 0. The topological polar surface area (TPSA) is 26.0 Å². The second-order valence-corrected chi connectivity index (χ2v) is 5.13. The Labute approximate surface area is 127 Å². The van der Waals surface area contributed by atoms with E-state index < -0.39 is 0 Å². The third kappa shape index (κ3) is 3.73. The quantitative estimate of drug-likeness (QED) is 0.598. The van der Waals surface area contributed by atoms with Gasteiger partial charge in [-0.15, -0.1) is 0 Å². The monoisotopic (exact) mass is 275 g/mol. The van der Waals surface area contributed by atoms with E-state index in [0.29, 0.717) is 0 Å². The molecule has 0 saturated heterocycles. The maximum atomic E-state index is 6.02. The van der Waals surface area contributed by atoms with E-state index >= 15 is 0 Å². The van der Waals surface area contributed by atoms with E-state index in [1.54, 1.807) is 0 Å². The number of para-hydroxylation sites is 1. The van der Waals surface area contributed by atoms with Crippen LogP contribution in [0.1, 0.15) is 23.6 Å². The number of rotatable bonds is 4. The summed E-state index contributed by atoms with van der Waals surface area (Å²) < 4.78 is 0.